The number of aromatic nitrogens is 1. The fraction of sp³-hybridized carbons (Fsp3) is 0.533. The van der Waals surface area contributed by atoms with Crippen molar-refractivity contribution in [2.24, 2.45) is 5.92 Å². The van der Waals surface area contributed by atoms with E-state index in [0.717, 1.165) is 36.5 Å². The minimum Gasteiger partial charge on any atom is -0.364 e. The molecule has 4 heteroatoms. The van der Waals surface area contributed by atoms with Crippen LogP contribution in [0, 0.1) is 5.92 Å². The summed E-state index contributed by atoms with van der Waals surface area (Å²) in [5, 5.41) is 3.34. The predicted molar refractivity (Wildman–Crippen MR) is 148 cm³/mol. The predicted octanol–water partition coefficient (Wildman–Crippen LogP) is 8.11. The number of nitrogens with one attached hydrogen (secondary N) is 1. The lowest BCUT2D eigenvalue weighted by atomic mass is 9.98. The van der Waals surface area contributed by atoms with Crippen molar-refractivity contribution in [3.8, 4) is 0 Å². The van der Waals surface area contributed by atoms with Gasteiger partial charge >= 0.3 is 0 Å². The molecule has 1 rings (SSSR count). The van der Waals surface area contributed by atoms with E-state index in [2.05, 4.69) is 82.9 Å². The fourth-order valence-electron chi connectivity index (χ4n) is 3.94. The number of unbranched alkanes of at least 4 members (excludes halogenated alkanes) is 1. The molecule has 0 saturated carbocycles. The van der Waals surface area contributed by atoms with Gasteiger partial charge < -0.3 is 10.2 Å². The summed E-state index contributed by atoms with van der Waals surface area (Å²) in [7, 11) is 0. The topological polar surface area (TPSA) is 45.2 Å². The van der Waals surface area contributed by atoms with Gasteiger partial charge in [-0.05, 0) is 71.4 Å². The maximum Gasteiger partial charge on any atom is 0.161 e. The zero-order valence-corrected chi connectivity index (χ0v) is 23.1. The third kappa shape index (κ3) is 8.62. The van der Waals surface area contributed by atoms with Crippen LogP contribution in [0.4, 0.5) is 5.69 Å². The van der Waals surface area contributed by atoms with Crippen molar-refractivity contribution in [2.45, 2.75) is 94.0 Å². The Morgan fingerprint density at radius 2 is 1.79 bits per heavy atom. The second-order valence-corrected chi connectivity index (χ2v) is 9.92. The number of nitrogens with zero attached hydrogens (tertiary/aromatic N) is 2. The van der Waals surface area contributed by atoms with Gasteiger partial charge in [0.25, 0.3) is 0 Å². The van der Waals surface area contributed by atoms with Crippen LogP contribution >= 0.6 is 0 Å². The average molecular weight is 466 g/mol. The molecule has 0 aliphatic heterocycles. The first-order chi connectivity index (χ1) is 15.9. The molecule has 0 radical (unpaired) electrons. The highest BCUT2D eigenvalue weighted by Crippen LogP contribution is 2.26. The van der Waals surface area contributed by atoms with E-state index >= 15 is 0 Å². The van der Waals surface area contributed by atoms with Crippen LogP contribution in [0.15, 0.2) is 59.6 Å². The van der Waals surface area contributed by atoms with Crippen molar-refractivity contribution in [2.75, 3.05) is 11.9 Å². The number of hydrogen-bond acceptors (Lipinski definition) is 4. The molecule has 1 aromatic heterocycles. The number of Topliss-reactive ketones (excluding diaryl/α,β-unsaturated/α-hetero) is 1. The van der Waals surface area contributed by atoms with Crippen LogP contribution < -0.4 is 5.32 Å². The molecule has 34 heavy (non-hydrogen) atoms. The maximum absolute atomic E-state index is 12.1. The van der Waals surface area contributed by atoms with E-state index in [-0.39, 0.29) is 11.8 Å². The van der Waals surface area contributed by atoms with Gasteiger partial charge in [-0.2, -0.15) is 0 Å². The summed E-state index contributed by atoms with van der Waals surface area (Å²) < 4.78 is 0. The lowest BCUT2D eigenvalue weighted by molar-refractivity contribution is 0.101. The molecular weight excluding hydrogens is 418 g/mol. The smallest absolute Gasteiger partial charge is 0.161 e. The van der Waals surface area contributed by atoms with E-state index in [1.165, 1.54) is 29.6 Å². The van der Waals surface area contributed by atoms with E-state index in [4.69, 9.17) is 0 Å². The van der Waals surface area contributed by atoms with Crippen molar-refractivity contribution in [3.63, 3.8) is 0 Å². The Balaban J connectivity index is 3.18. The number of carbonyl (C=O) groups is 1. The van der Waals surface area contributed by atoms with Crippen LogP contribution in [0.3, 0.4) is 0 Å². The maximum atomic E-state index is 12.1. The number of ketones is 1. The molecule has 4 nitrogen and oxygen atoms in total. The highest BCUT2D eigenvalue weighted by atomic mass is 16.1. The van der Waals surface area contributed by atoms with Gasteiger partial charge in [0.05, 0.1) is 29.0 Å². The van der Waals surface area contributed by atoms with Gasteiger partial charge in [-0.25, -0.2) is 0 Å². The molecule has 0 amide bonds. The number of anilines is 1. The minimum absolute atomic E-state index is 0.0198. The van der Waals surface area contributed by atoms with Gasteiger partial charge in [0.15, 0.2) is 5.78 Å². The van der Waals surface area contributed by atoms with Gasteiger partial charge in [-0.1, -0.05) is 64.5 Å². The minimum atomic E-state index is 0.0198. The van der Waals surface area contributed by atoms with E-state index in [1.54, 1.807) is 13.1 Å². The summed E-state index contributed by atoms with van der Waals surface area (Å²) in [5.41, 5.74) is 7.91. The summed E-state index contributed by atoms with van der Waals surface area (Å²) in [4.78, 5) is 18.9. The van der Waals surface area contributed by atoms with Gasteiger partial charge in [-0.15, -0.1) is 0 Å². The number of allylic oxidation sites excluding steroid dienone is 3. The molecule has 0 aliphatic rings. The second-order valence-electron chi connectivity index (χ2n) is 9.92. The number of carbonyl (C=O) groups excluding carboxylic acids is 1. The summed E-state index contributed by atoms with van der Waals surface area (Å²) in [6.07, 6.45) is 8.36. The SMILES string of the molecule is C=C(Nc1cnc(CC)c(C(C)=O)c1)C(=C)N(CC(C)C)[C@H](C)/C(C)=C/C(CCCC)=C(C)C. The van der Waals surface area contributed by atoms with Crippen molar-refractivity contribution in [1.82, 2.24) is 9.88 Å². The molecular formula is C30H47N3O. The van der Waals surface area contributed by atoms with E-state index < -0.39 is 0 Å². The van der Waals surface area contributed by atoms with Gasteiger partial charge in [0.1, 0.15) is 0 Å². The first-order valence-electron chi connectivity index (χ1n) is 12.7. The number of pyridine rings is 1. The summed E-state index contributed by atoms with van der Waals surface area (Å²) in [6.45, 7) is 28.6. The second kappa shape index (κ2) is 13.9. The molecule has 1 aromatic rings. The molecule has 0 saturated heterocycles. The fourth-order valence-corrected chi connectivity index (χ4v) is 3.94. The van der Waals surface area contributed by atoms with Crippen LogP contribution in [-0.4, -0.2) is 28.3 Å². The van der Waals surface area contributed by atoms with Gasteiger partial charge in [0.2, 0.25) is 0 Å². The Morgan fingerprint density at radius 3 is 2.29 bits per heavy atom. The molecule has 0 spiro atoms. The molecule has 188 valence electrons. The molecule has 0 bridgehead atoms. The summed E-state index contributed by atoms with van der Waals surface area (Å²) in [6, 6.07) is 2.04. The Bertz CT molecular complexity index is 932. The zero-order chi connectivity index (χ0) is 26.0. The van der Waals surface area contributed by atoms with Crippen LogP contribution in [0.2, 0.25) is 0 Å². The van der Waals surface area contributed by atoms with Gasteiger partial charge in [0, 0.05) is 18.2 Å². The highest BCUT2D eigenvalue weighted by molar-refractivity contribution is 5.96. The Hall–Kier alpha value is -2.62. The molecule has 0 aliphatic carbocycles. The zero-order valence-electron chi connectivity index (χ0n) is 23.1. The summed E-state index contributed by atoms with van der Waals surface area (Å²) >= 11 is 0. The Labute approximate surface area is 208 Å². The lowest BCUT2D eigenvalue weighted by Crippen LogP contribution is -2.37. The average Bonchev–Trinajstić information content (AvgIpc) is 2.78. The van der Waals surface area contributed by atoms with E-state index in [0.29, 0.717) is 17.2 Å². The number of rotatable bonds is 14. The molecule has 0 aromatic carbocycles. The van der Waals surface area contributed by atoms with Gasteiger partial charge in [-0.3, -0.25) is 9.78 Å². The molecule has 1 heterocycles. The third-order valence-electron chi connectivity index (χ3n) is 6.21. The van der Waals surface area contributed by atoms with Crippen LogP contribution in [0.1, 0.15) is 97.6 Å². The van der Waals surface area contributed by atoms with Crippen LogP contribution in [0.25, 0.3) is 0 Å². The molecule has 1 N–H and O–H groups in total. The van der Waals surface area contributed by atoms with Crippen molar-refractivity contribution < 1.29 is 4.79 Å². The lowest BCUT2D eigenvalue weighted by Gasteiger charge is -2.36. The normalized spacial score (nSPS) is 12.4. The van der Waals surface area contributed by atoms with Crippen LogP contribution in [0.5, 0.6) is 0 Å². The molecule has 1 atom stereocenters. The Kier molecular flexibility index (Phi) is 12.1. The molecule has 0 fully saturated rings. The standard InChI is InChI=1S/C30H47N3O/c1-12-14-15-27(21(5)6)16-22(7)24(9)33(19-20(3)4)25(10)23(8)32-28-17-29(26(11)34)30(13-2)31-18-28/h16-18,20,24,32H,8,10,12-15,19H2,1-7,9,11H3/b22-16+/t24-/m1/s1. The van der Waals surface area contributed by atoms with E-state index in [1.807, 2.05) is 13.0 Å². The highest BCUT2D eigenvalue weighted by Gasteiger charge is 2.21. The number of aryl methyl sites for hydroxylation is 1. The van der Waals surface area contributed by atoms with Crippen molar-refractivity contribution in [1.29, 1.82) is 0 Å². The third-order valence-corrected chi connectivity index (χ3v) is 6.21. The monoisotopic (exact) mass is 465 g/mol. The first kappa shape index (κ1) is 29.4. The quantitative estimate of drug-likeness (QED) is 0.223. The van der Waals surface area contributed by atoms with Crippen LogP contribution in [-0.2, 0) is 6.42 Å². The number of hydrogen-bond donors (Lipinski definition) is 1. The van der Waals surface area contributed by atoms with E-state index in [9.17, 15) is 4.79 Å². The Morgan fingerprint density at radius 1 is 1.15 bits per heavy atom. The van der Waals surface area contributed by atoms with Crippen molar-refractivity contribution >= 4 is 11.5 Å². The summed E-state index contributed by atoms with van der Waals surface area (Å²) in [5.74, 6) is 0.490. The van der Waals surface area contributed by atoms with Crippen molar-refractivity contribution in [3.05, 3.63) is 70.9 Å². The molecule has 0 unspecified atom stereocenters. The first-order valence-corrected chi connectivity index (χ1v) is 12.7. The largest absolute Gasteiger partial charge is 0.364 e.